The van der Waals surface area contributed by atoms with Crippen molar-refractivity contribution in [3.8, 4) is 11.1 Å². The summed E-state index contributed by atoms with van der Waals surface area (Å²) in [5, 5.41) is 2.86. The summed E-state index contributed by atoms with van der Waals surface area (Å²) in [4.78, 5) is 27.7. The van der Waals surface area contributed by atoms with Crippen molar-refractivity contribution in [1.82, 2.24) is 14.7 Å². The highest BCUT2D eigenvalue weighted by Gasteiger charge is 2.11. The lowest BCUT2D eigenvalue weighted by Gasteiger charge is -2.04. The molecule has 0 saturated carbocycles. The second-order valence-corrected chi connectivity index (χ2v) is 6.35. The molecule has 6 heteroatoms. The fraction of sp³-hybridized carbons (Fsp3) is 0.211. The Morgan fingerprint density at radius 3 is 2.40 bits per heavy atom. The van der Waals surface area contributed by atoms with Gasteiger partial charge >= 0.3 is 0 Å². The molecule has 25 heavy (non-hydrogen) atoms. The van der Waals surface area contributed by atoms with Crippen LogP contribution in [0, 0.1) is 5.92 Å². The Morgan fingerprint density at radius 1 is 1.08 bits per heavy atom. The van der Waals surface area contributed by atoms with E-state index >= 15 is 0 Å². The number of hydrogen-bond acceptors (Lipinski definition) is 3. The van der Waals surface area contributed by atoms with E-state index < -0.39 is 5.91 Å². The van der Waals surface area contributed by atoms with E-state index in [1.807, 2.05) is 48.7 Å². The Kier molecular flexibility index (Phi) is 4.52. The molecule has 0 aliphatic heterocycles. The van der Waals surface area contributed by atoms with Crippen molar-refractivity contribution in [2.75, 3.05) is 6.54 Å². The molecule has 0 spiro atoms. The molecule has 2 aromatic heterocycles. The van der Waals surface area contributed by atoms with Gasteiger partial charge in [-0.3, -0.25) is 9.59 Å². The van der Waals surface area contributed by atoms with Gasteiger partial charge in [-0.1, -0.05) is 26.0 Å². The summed E-state index contributed by atoms with van der Waals surface area (Å²) in [6.07, 6.45) is 3.62. The average molecular weight is 336 g/mol. The molecule has 6 nitrogen and oxygen atoms in total. The molecule has 0 unspecified atom stereocenters. The Bertz CT molecular complexity index is 926. The summed E-state index contributed by atoms with van der Waals surface area (Å²) in [5.74, 6) is -0.241. The fourth-order valence-electron chi connectivity index (χ4n) is 2.49. The number of nitrogens with one attached hydrogen (secondary N) is 1. The van der Waals surface area contributed by atoms with Gasteiger partial charge in [-0.15, -0.1) is 0 Å². The van der Waals surface area contributed by atoms with Gasteiger partial charge in [-0.05, 0) is 41.3 Å². The number of nitrogens with two attached hydrogens (primary N) is 1. The Morgan fingerprint density at radius 2 is 1.76 bits per heavy atom. The molecule has 1 aromatic carbocycles. The van der Waals surface area contributed by atoms with Crippen molar-refractivity contribution >= 4 is 17.5 Å². The van der Waals surface area contributed by atoms with Crippen molar-refractivity contribution in [3.63, 3.8) is 0 Å². The third-order valence-electron chi connectivity index (χ3n) is 3.86. The summed E-state index contributed by atoms with van der Waals surface area (Å²) >= 11 is 0. The van der Waals surface area contributed by atoms with Crippen LogP contribution in [0.3, 0.4) is 0 Å². The number of carbonyl (C=O) groups excluding carboxylic acids is 2. The maximum atomic E-state index is 12.1. The smallest absolute Gasteiger partial charge is 0.271 e. The second kappa shape index (κ2) is 6.76. The van der Waals surface area contributed by atoms with E-state index in [0.29, 0.717) is 29.4 Å². The van der Waals surface area contributed by atoms with Gasteiger partial charge in [0.15, 0.2) is 0 Å². The number of amides is 2. The zero-order valence-corrected chi connectivity index (χ0v) is 14.2. The number of benzene rings is 1. The number of primary amides is 1. The van der Waals surface area contributed by atoms with Crippen LogP contribution in [-0.4, -0.2) is 27.7 Å². The SMILES string of the molecule is CC(C)CNC(=O)c1cn2cc(-c3ccc(C(N)=O)cc3)ccc2n1. The van der Waals surface area contributed by atoms with Gasteiger partial charge < -0.3 is 15.5 Å². The van der Waals surface area contributed by atoms with E-state index in [4.69, 9.17) is 5.73 Å². The van der Waals surface area contributed by atoms with Crippen molar-refractivity contribution in [1.29, 1.82) is 0 Å². The van der Waals surface area contributed by atoms with Crippen LogP contribution in [0.25, 0.3) is 16.8 Å². The van der Waals surface area contributed by atoms with E-state index in [0.717, 1.165) is 11.1 Å². The Hall–Kier alpha value is -3.15. The average Bonchev–Trinajstić information content (AvgIpc) is 3.03. The molecule has 2 amide bonds. The highest BCUT2D eigenvalue weighted by Crippen LogP contribution is 2.21. The van der Waals surface area contributed by atoms with Crippen molar-refractivity contribution in [3.05, 3.63) is 60.0 Å². The van der Waals surface area contributed by atoms with E-state index in [9.17, 15) is 9.59 Å². The minimum atomic E-state index is -0.450. The molecular weight excluding hydrogens is 316 g/mol. The van der Waals surface area contributed by atoms with Gasteiger partial charge in [-0.25, -0.2) is 4.98 Å². The van der Waals surface area contributed by atoms with Crippen molar-refractivity contribution in [2.45, 2.75) is 13.8 Å². The monoisotopic (exact) mass is 336 g/mol. The molecule has 0 fully saturated rings. The molecule has 3 N–H and O–H groups in total. The molecule has 0 aliphatic rings. The van der Waals surface area contributed by atoms with Gasteiger partial charge in [0.05, 0.1) is 0 Å². The van der Waals surface area contributed by atoms with Crippen molar-refractivity contribution in [2.24, 2.45) is 11.7 Å². The molecule has 0 atom stereocenters. The van der Waals surface area contributed by atoms with E-state index in [-0.39, 0.29) is 5.91 Å². The second-order valence-electron chi connectivity index (χ2n) is 6.35. The highest BCUT2D eigenvalue weighted by molar-refractivity contribution is 5.93. The Balaban J connectivity index is 1.87. The standard InChI is InChI=1S/C19H20N4O2/c1-12(2)9-21-19(25)16-11-23-10-15(7-8-17(23)22-16)13-3-5-14(6-4-13)18(20)24/h3-8,10-12H,9H2,1-2H3,(H2,20,24)(H,21,25). The lowest BCUT2D eigenvalue weighted by molar-refractivity contribution is 0.0943. The molecule has 2 heterocycles. The quantitative estimate of drug-likeness (QED) is 0.750. The van der Waals surface area contributed by atoms with Gasteiger partial charge in [0, 0.05) is 24.5 Å². The van der Waals surface area contributed by atoms with Crippen LogP contribution in [0.5, 0.6) is 0 Å². The first-order valence-corrected chi connectivity index (χ1v) is 8.11. The van der Waals surface area contributed by atoms with Gasteiger partial charge in [0.1, 0.15) is 11.3 Å². The summed E-state index contributed by atoms with van der Waals surface area (Å²) in [5.41, 5.74) is 8.73. The first kappa shape index (κ1) is 16.7. The summed E-state index contributed by atoms with van der Waals surface area (Å²) < 4.78 is 1.82. The minimum Gasteiger partial charge on any atom is -0.366 e. The zero-order valence-electron chi connectivity index (χ0n) is 14.2. The van der Waals surface area contributed by atoms with E-state index in [2.05, 4.69) is 10.3 Å². The number of nitrogens with zero attached hydrogens (tertiary/aromatic N) is 2. The predicted molar refractivity (Wildman–Crippen MR) is 96.3 cm³/mol. The normalized spacial score (nSPS) is 11.0. The topological polar surface area (TPSA) is 89.5 Å². The van der Waals surface area contributed by atoms with Crippen LogP contribution in [0.1, 0.15) is 34.7 Å². The first-order valence-electron chi connectivity index (χ1n) is 8.11. The lowest BCUT2D eigenvalue weighted by Crippen LogP contribution is -2.27. The maximum Gasteiger partial charge on any atom is 0.271 e. The van der Waals surface area contributed by atoms with Crippen LogP contribution in [0.15, 0.2) is 48.8 Å². The molecule has 0 radical (unpaired) electrons. The van der Waals surface area contributed by atoms with Crippen LogP contribution >= 0.6 is 0 Å². The van der Waals surface area contributed by atoms with Crippen LogP contribution in [-0.2, 0) is 0 Å². The minimum absolute atomic E-state index is 0.176. The molecule has 0 aliphatic carbocycles. The van der Waals surface area contributed by atoms with Gasteiger partial charge in [0.25, 0.3) is 5.91 Å². The zero-order chi connectivity index (χ0) is 18.0. The number of imidazole rings is 1. The number of pyridine rings is 1. The number of carbonyl (C=O) groups is 2. The van der Waals surface area contributed by atoms with Gasteiger partial charge in [0.2, 0.25) is 5.91 Å². The number of aromatic nitrogens is 2. The fourth-order valence-corrected chi connectivity index (χ4v) is 2.49. The molecule has 0 bridgehead atoms. The third kappa shape index (κ3) is 3.68. The molecule has 3 aromatic rings. The third-order valence-corrected chi connectivity index (χ3v) is 3.86. The van der Waals surface area contributed by atoms with Crippen LogP contribution in [0.2, 0.25) is 0 Å². The highest BCUT2D eigenvalue weighted by atomic mass is 16.2. The predicted octanol–water partition coefficient (Wildman–Crippen LogP) is 2.49. The lowest BCUT2D eigenvalue weighted by atomic mass is 10.1. The maximum absolute atomic E-state index is 12.1. The summed E-state index contributed by atoms with van der Waals surface area (Å²) in [6.45, 7) is 4.70. The Labute approximate surface area is 145 Å². The first-order chi connectivity index (χ1) is 11.9. The summed E-state index contributed by atoms with van der Waals surface area (Å²) in [6, 6.07) is 10.9. The molecule has 3 rings (SSSR count). The number of rotatable bonds is 5. The largest absolute Gasteiger partial charge is 0.366 e. The van der Waals surface area contributed by atoms with Crippen LogP contribution in [0.4, 0.5) is 0 Å². The van der Waals surface area contributed by atoms with Gasteiger partial charge in [-0.2, -0.15) is 0 Å². The van der Waals surface area contributed by atoms with Crippen LogP contribution < -0.4 is 11.1 Å². The molecule has 128 valence electrons. The van der Waals surface area contributed by atoms with Crippen molar-refractivity contribution < 1.29 is 9.59 Å². The van der Waals surface area contributed by atoms with E-state index in [1.165, 1.54) is 0 Å². The molecular formula is C19H20N4O2. The summed E-state index contributed by atoms with van der Waals surface area (Å²) in [7, 11) is 0. The number of fused-ring (bicyclic) bond motifs is 1. The molecule has 0 saturated heterocycles. The van der Waals surface area contributed by atoms with E-state index in [1.54, 1.807) is 18.3 Å². The number of hydrogen-bond donors (Lipinski definition) is 2.